The van der Waals surface area contributed by atoms with Crippen LogP contribution in [0, 0.1) is 17.2 Å². The standard InChI is InChI=1S/C23H34FN3O2/c1-23(2,3)16-20(28)26-12-14-27(15-13-26)21(17-6-4-5-7-17)22(29)25-19-10-8-18(24)9-11-19/h8-11,17,21H,4-7,12-16H2,1-3H3,(H,25,29)/t21-/m0/s1. The van der Waals surface area contributed by atoms with Gasteiger partial charge in [-0.3, -0.25) is 14.5 Å². The van der Waals surface area contributed by atoms with Gasteiger partial charge in [0, 0.05) is 38.3 Å². The molecule has 0 spiro atoms. The molecule has 1 aliphatic carbocycles. The van der Waals surface area contributed by atoms with Crippen LogP contribution in [0.25, 0.3) is 0 Å². The van der Waals surface area contributed by atoms with E-state index in [1.807, 2.05) is 4.90 Å². The van der Waals surface area contributed by atoms with E-state index in [0.717, 1.165) is 25.7 Å². The molecule has 160 valence electrons. The van der Waals surface area contributed by atoms with Crippen molar-refractivity contribution in [2.75, 3.05) is 31.5 Å². The van der Waals surface area contributed by atoms with Gasteiger partial charge in [0.05, 0.1) is 6.04 Å². The van der Waals surface area contributed by atoms with E-state index in [0.29, 0.717) is 44.2 Å². The van der Waals surface area contributed by atoms with Gasteiger partial charge in [-0.15, -0.1) is 0 Å². The van der Waals surface area contributed by atoms with E-state index in [1.54, 1.807) is 12.1 Å². The molecule has 0 radical (unpaired) electrons. The van der Waals surface area contributed by atoms with Crippen molar-refractivity contribution in [2.45, 2.75) is 58.9 Å². The molecule has 2 aliphatic rings. The summed E-state index contributed by atoms with van der Waals surface area (Å²) in [6.45, 7) is 9.01. The van der Waals surface area contributed by atoms with E-state index in [4.69, 9.17) is 0 Å². The third-order valence-corrected chi connectivity index (χ3v) is 5.97. The Bertz CT molecular complexity index is 700. The Labute approximate surface area is 173 Å². The number of anilines is 1. The first-order valence-corrected chi connectivity index (χ1v) is 10.8. The molecule has 0 bridgehead atoms. The van der Waals surface area contributed by atoms with Crippen molar-refractivity contribution < 1.29 is 14.0 Å². The normalized spacial score (nSPS) is 19.9. The number of carbonyl (C=O) groups excluding carboxylic acids is 2. The highest BCUT2D eigenvalue weighted by Crippen LogP contribution is 2.32. The fourth-order valence-corrected chi connectivity index (χ4v) is 4.52. The van der Waals surface area contributed by atoms with Crippen molar-refractivity contribution in [3.8, 4) is 0 Å². The minimum absolute atomic E-state index is 0.0158. The maximum atomic E-state index is 13.2. The highest BCUT2D eigenvalue weighted by molar-refractivity contribution is 5.95. The topological polar surface area (TPSA) is 52.7 Å². The van der Waals surface area contributed by atoms with E-state index < -0.39 is 0 Å². The molecule has 5 nitrogen and oxygen atoms in total. The Morgan fingerprint density at radius 3 is 2.21 bits per heavy atom. The Kier molecular flexibility index (Phi) is 6.93. The van der Waals surface area contributed by atoms with E-state index in [2.05, 4.69) is 31.0 Å². The number of carbonyl (C=O) groups is 2. The molecule has 1 atom stereocenters. The molecule has 1 heterocycles. The molecular weight excluding hydrogens is 369 g/mol. The molecular formula is C23H34FN3O2. The van der Waals surface area contributed by atoms with Gasteiger partial charge in [-0.05, 0) is 48.4 Å². The lowest BCUT2D eigenvalue weighted by atomic mass is 9.91. The summed E-state index contributed by atoms with van der Waals surface area (Å²) >= 11 is 0. The highest BCUT2D eigenvalue weighted by Gasteiger charge is 2.37. The molecule has 0 unspecified atom stereocenters. The molecule has 3 rings (SSSR count). The highest BCUT2D eigenvalue weighted by atomic mass is 19.1. The predicted octanol–water partition coefficient (Wildman–Crippen LogP) is 3.90. The van der Waals surface area contributed by atoms with Gasteiger partial charge in [-0.2, -0.15) is 0 Å². The molecule has 1 aromatic carbocycles. The first-order valence-electron chi connectivity index (χ1n) is 10.8. The fraction of sp³-hybridized carbons (Fsp3) is 0.652. The number of hydrogen-bond donors (Lipinski definition) is 1. The summed E-state index contributed by atoms with van der Waals surface area (Å²) in [5, 5.41) is 2.98. The van der Waals surface area contributed by atoms with E-state index in [1.165, 1.54) is 12.1 Å². The Morgan fingerprint density at radius 2 is 1.66 bits per heavy atom. The lowest BCUT2D eigenvalue weighted by Crippen LogP contribution is -2.57. The van der Waals surface area contributed by atoms with Gasteiger partial charge in [0.15, 0.2) is 0 Å². The summed E-state index contributed by atoms with van der Waals surface area (Å²) in [6, 6.07) is 5.73. The molecule has 1 aliphatic heterocycles. The van der Waals surface area contributed by atoms with Crippen LogP contribution in [-0.4, -0.2) is 53.8 Å². The molecule has 1 aromatic rings. The third kappa shape index (κ3) is 6.01. The number of hydrogen-bond acceptors (Lipinski definition) is 3. The largest absolute Gasteiger partial charge is 0.340 e. The van der Waals surface area contributed by atoms with Gasteiger partial charge < -0.3 is 10.2 Å². The molecule has 29 heavy (non-hydrogen) atoms. The summed E-state index contributed by atoms with van der Waals surface area (Å²) in [5.41, 5.74) is 0.605. The van der Waals surface area contributed by atoms with Gasteiger partial charge in [0.1, 0.15) is 5.82 Å². The van der Waals surface area contributed by atoms with Crippen LogP contribution in [0.1, 0.15) is 52.9 Å². The number of amides is 2. The Morgan fingerprint density at radius 1 is 1.07 bits per heavy atom. The van der Waals surface area contributed by atoms with Crippen molar-refractivity contribution in [1.82, 2.24) is 9.80 Å². The minimum Gasteiger partial charge on any atom is -0.340 e. The SMILES string of the molecule is CC(C)(C)CC(=O)N1CCN([C@H](C(=O)Nc2ccc(F)cc2)C2CCCC2)CC1. The van der Waals surface area contributed by atoms with Gasteiger partial charge >= 0.3 is 0 Å². The van der Waals surface area contributed by atoms with Crippen LogP contribution >= 0.6 is 0 Å². The maximum absolute atomic E-state index is 13.2. The van der Waals surface area contributed by atoms with Gasteiger partial charge in [0.2, 0.25) is 11.8 Å². The third-order valence-electron chi connectivity index (χ3n) is 5.97. The number of rotatable bonds is 5. The van der Waals surface area contributed by atoms with Crippen molar-refractivity contribution in [2.24, 2.45) is 11.3 Å². The molecule has 1 saturated heterocycles. The van der Waals surface area contributed by atoms with Crippen molar-refractivity contribution in [1.29, 1.82) is 0 Å². The lowest BCUT2D eigenvalue weighted by Gasteiger charge is -2.41. The maximum Gasteiger partial charge on any atom is 0.242 e. The number of benzene rings is 1. The quantitative estimate of drug-likeness (QED) is 0.811. The number of nitrogens with zero attached hydrogens (tertiary/aromatic N) is 2. The smallest absolute Gasteiger partial charge is 0.242 e. The van der Waals surface area contributed by atoms with Crippen LogP contribution in [0.5, 0.6) is 0 Å². The average molecular weight is 404 g/mol. The molecule has 1 saturated carbocycles. The molecule has 1 N–H and O–H groups in total. The number of piperazine rings is 1. The van der Waals surface area contributed by atoms with Crippen LogP contribution in [0.15, 0.2) is 24.3 Å². The van der Waals surface area contributed by atoms with Crippen molar-refractivity contribution >= 4 is 17.5 Å². The summed E-state index contributed by atoms with van der Waals surface area (Å²) in [5.74, 6) is 0.210. The second kappa shape index (κ2) is 9.24. The number of halogens is 1. The monoisotopic (exact) mass is 403 g/mol. The van der Waals surface area contributed by atoms with Gasteiger partial charge in [-0.25, -0.2) is 4.39 Å². The molecule has 2 amide bonds. The van der Waals surface area contributed by atoms with Gasteiger partial charge in [0.25, 0.3) is 0 Å². The molecule has 6 heteroatoms. The molecule has 0 aromatic heterocycles. The Balaban J connectivity index is 1.64. The average Bonchev–Trinajstić information content (AvgIpc) is 3.17. The zero-order chi connectivity index (χ0) is 21.0. The van der Waals surface area contributed by atoms with Crippen LogP contribution < -0.4 is 5.32 Å². The van der Waals surface area contributed by atoms with Crippen LogP contribution in [-0.2, 0) is 9.59 Å². The van der Waals surface area contributed by atoms with E-state index >= 15 is 0 Å². The second-order valence-electron chi connectivity index (χ2n) is 9.64. The van der Waals surface area contributed by atoms with E-state index in [-0.39, 0.29) is 29.1 Å². The molecule has 2 fully saturated rings. The predicted molar refractivity (Wildman–Crippen MR) is 113 cm³/mol. The summed E-state index contributed by atoms with van der Waals surface area (Å²) in [7, 11) is 0. The van der Waals surface area contributed by atoms with Crippen LogP contribution in [0.4, 0.5) is 10.1 Å². The summed E-state index contributed by atoms with van der Waals surface area (Å²) < 4.78 is 13.2. The summed E-state index contributed by atoms with van der Waals surface area (Å²) in [6.07, 6.45) is 4.99. The second-order valence-corrected chi connectivity index (χ2v) is 9.64. The summed E-state index contributed by atoms with van der Waals surface area (Å²) in [4.78, 5) is 29.9. The first-order chi connectivity index (χ1) is 13.7. The van der Waals surface area contributed by atoms with Gasteiger partial charge in [-0.1, -0.05) is 33.6 Å². The first kappa shape index (κ1) is 21.8. The fourth-order valence-electron chi connectivity index (χ4n) is 4.52. The van der Waals surface area contributed by atoms with Crippen molar-refractivity contribution in [3.05, 3.63) is 30.1 Å². The zero-order valence-electron chi connectivity index (χ0n) is 17.9. The lowest BCUT2D eigenvalue weighted by molar-refractivity contribution is -0.136. The van der Waals surface area contributed by atoms with Crippen molar-refractivity contribution in [3.63, 3.8) is 0 Å². The van der Waals surface area contributed by atoms with E-state index in [9.17, 15) is 14.0 Å². The minimum atomic E-state index is -0.314. The Hall–Kier alpha value is -1.95. The zero-order valence-corrected chi connectivity index (χ0v) is 17.9. The number of nitrogens with one attached hydrogen (secondary N) is 1. The van der Waals surface area contributed by atoms with Crippen LogP contribution in [0.2, 0.25) is 0 Å². The van der Waals surface area contributed by atoms with Crippen LogP contribution in [0.3, 0.4) is 0 Å².